The number of aromatic nitrogens is 2. The minimum atomic E-state index is -0.203. The molecule has 37 heavy (non-hydrogen) atoms. The van der Waals surface area contributed by atoms with Gasteiger partial charge in [-0.25, -0.2) is 14.6 Å². The summed E-state index contributed by atoms with van der Waals surface area (Å²) in [4.78, 5) is 13.2. The van der Waals surface area contributed by atoms with Gasteiger partial charge in [0, 0.05) is 68.3 Å². The Morgan fingerprint density at radius 2 is 1.54 bits per heavy atom. The lowest BCUT2D eigenvalue weighted by atomic mass is 10.2. The molecule has 0 unspecified atom stereocenters. The van der Waals surface area contributed by atoms with Crippen molar-refractivity contribution in [1.82, 2.24) is 9.47 Å². The van der Waals surface area contributed by atoms with Crippen molar-refractivity contribution < 1.29 is 9.67 Å². The van der Waals surface area contributed by atoms with Crippen LogP contribution in [0.4, 0.5) is 22.7 Å². The third-order valence-electron chi connectivity index (χ3n) is 6.33. The molecular weight excluding hydrogens is 598 g/mol. The molecule has 8 nitrogen and oxygen atoms in total. The van der Waals surface area contributed by atoms with E-state index in [0.29, 0.717) is 24.5 Å². The third-order valence-corrected chi connectivity index (χ3v) is 6.33. The smallest absolute Gasteiger partial charge is 0.170 e. The number of fused-ring (bicyclic) bond motifs is 1. The molecule has 0 spiro atoms. The number of piperazine rings is 1. The molecule has 0 aliphatic carbocycles. The Bertz CT molecular complexity index is 1440. The maximum Gasteiger partial charge on any atom is 0.170 e. The van der Waals surface area contributed by atoms with Gasteiger partial charge in [0.1, 0.15) is 7.05 Å². The summed E-state index contributed by atoms with van der Waals surface area (Å²) in [6.07, 6.45) is 6.05. The molecule has 0 atom stereocenters. The lowest BCUT2D eigenvalue weighted by Crippen LogP contribution is -2.52. The highest BCUT2D eigenvalue weighted by Crippen LogP contribution is 2.20. The minimum Gasteiger partial charge on any atom is -0.846 e. The van der Waals surface area contributed by atoms with Gasteiger partial charge in [-0.15, -0.1) is 34.0 Å². The van der Waals surface area contributed by atoms with Crippen molar-refractivity contribution in [3.8, 4) is 0 Å². The Morgan fingerprint density at radius 3 is 2.22 bits per heavy atom. The fourth-order valence-electron chi connectivity index (χ4n) is 4.30. The molecular formula is C27H31Br2N7O. The molecule has 1 aliphatic heterocycles. The number of halogens is 2. The molecule has 0 saturated carbocycles. The number of aliphatic imine (C=N–C) groups is 1. The van der Waals surface area contributed by atoms with Gasteiger partial charge in [-0.05, 0) is 48.5 Å². The van der Waals surface area contributed by atoms with E-state index in [0.717, 1.165) is 35.0 Å². The van der Waals surface area contributed by atoms with E-state index >= 15 is 0 Å². The molecule has 1 saturated heterocycles. The zero-order chi connectivity index (χ0) is 24.4. The van der Waals surface area contributed by atoms with Crippen LogP contribution in [0.1, 0.15) is 0 Å². The van der Waals surface area contributed by atoms with Gasteiger partial charge in [0.15, 0.2) is 12.4 Å². The van der Waals surface area contributed by atoms with Crippen molar-refractivity contribution in [2.45, 2.75) is 0 Å². The number of pyridine rings is 2. The summed E-state index contributed by atoms with van der Waals surface area (Å²) in [5.74, 6) is 0. The SMILES string of the molecule is Br.Br.Cn1ccc(=Nc2ccc(N=C([O-])N3CCN(c4cc[n+](C)cc4)CC3)cc2)c2cc(N)ccc21. The van der Waals surface area contributed by atoms with Crippen LogP contribution in [-0.2, 0) is 14.1 Å². The number of rotatable bonds is 3. The summed E-state index contributed by atoms with van der Waals surface area (Å²) in [5.41, 5.74) is 10.4. The topological polar surface area (TPSA) is 89.1 Å². The molecule has 2 aromatic carbocycles. The van der Waals surface area contributed by atoms with E-state index in [1.54, 1.807) is 4.90 Å². The molecule has 3 heterocycles. The second kappa shape index (κ2) is 12.2. The van der Waals surface area contributed by atoms with E-state index in [9.17, 15) is 5.11 Å². The summed E-state index contributed by atoms with van der Waals surface area (Å²) in [6.45, 7) is 2.89. The molecule has 1 fully saturated rings. The number of nitrogens with zero attached hydrogens (tertiary/aromatic N) is 6. The van der Waals surface area contributed by atoms with Gasteiger partial charge in [0.05, 0.1) is 28.3 Å². The van der Waals surface area contributed by atoms with Crippen LogP contribution >= 0.6 is 34.0 Å². The first-order chi connectivity index (χ1) is 17.0. The van der Waals surface area contributed by atoms with Gasteiger partial charge in [0.25, 0.3) is 0 Å². The summed E-state index contributed by atoms with van der Waals surface area (Å²) >= 11 is 0. The number of benzene rings is 2. The largest absolute Gasteiger partial charge is 0.846 e. The standard InChI is InChI=1S/C27H29N7O.2BrH/c1-31-12-9-23(10-13-31)33-15-17-34(18-16-33)27(35)30-22-6-4-21(5-7-22)29-25-11-14-32(2)26-8-3-20(28)19-24(25)26;;/h3-14,19H,15-18,28H2,1-2H3;2*1H. The summed E-state index contributed by atoms with van der Waals surface area (Å²) in [6, 6.07) is 19.2. The van der Waals surface area contributed by atoms with Crippen molar-refractivity contribution in [1.29, 1.82) is 0 Å². The fourth-order valence-corrected chi connectivity index (χ4v) is 4.30. The van der Waals surface area contributed by atoms with E-state index in [1.807, 2.05) is 90.4 Å². The molecule has 0 bridgehead atoms. The van der Waals surface area contributed by atoms with Gasteiger partial charge >= 0.3 is 0 Å². The van der Waals surface area contributed by atoms with E-state index in [2.05, 4.69) is 22.0 Å². The zero-order valence-electron chi connectivity index (χ0n) is 20.8. The number of hydrogen-bond acceptors (Lipinski definition) is 5. The first-order valence-corrected chi connectivity index (χ1v) is 11.7. The molecule has 0 amide bonds. The van der Waals surface area contributed by atoms with Crippen LogP contribution in [0.25, 0.3) is 10.9 Å². The monoisotopic (exact) mass is 627 g/mol. The Kier molecular flexibility index (Phi) is 9.34. The van der Waals surface area contributed by atoms with Gasteiger partial charge < -0.3 is 25.2 Å². The van der Waals surface area contributed by atoms with Crippen LogP contribution in [0.3, 0.4) is 0 Å². The van der Waals surface area contributed by atoms with E-state index in [4.69, 9.17) is 10.7 Å². The molecule has 2 aromatic heterocycles. The van der Waals surface area contributed by atoms with E-state index in [1.165, 1.54) is 5.69 Å². The van der Waals surface area contributed by atoms with Crippen LogP contribution in [0.15, 0.2) is 89.2 Å². The zero-order valence-corrected chi connectivity index (χ0v) is 24.2. The maximum atomic E-state index is 12.7. The molecule has 5 rings (SSSR count). The highest BCUT2D eigenvalue weighted by atomic mass is 79.9. The average molecular weight is 629 g/mol. The minimum absolute atomic E-state index is 0. The molecule has 1 aliphatic rings. The summed E-state index contributed by atoms with van der Waals surface area (Å²) < 4.78 is 4.06. The average Bonchev–Trinajstić information content (AvgIpc) is 2.87. The number of nitrogen functional groups attached to an aromatic ring is 1. The number of aryl methyl sites for hydroxylation is 2. The Hall–Kier alpha value is -3.37. The molecule has 0 radical (unpaired) electrons. The van der Waals surface area contributed by atoms with Crippen LogP contribution in [0.5, 0.6) is 0 Å². The number of nitrogens with two attached hydrogens (primary N) is 1. The van der Waals surface area contributed by atoms with Crippen LogP contribution in [0, 0.1) is 0 Å². The van der Waals surface area contributed by atoms with E-state index < -0.39 is 0 Å². The summed E-state index contributed by atoms with van der Waals surface area (Å²) in [7, 11) is 4.00. The number of hydrogen-bond donors (Lipinski definition) is 1. The lowest BCUT2D eigenvalue weighted by Gasteiger charge is -2.39. The van der Waals surface area contributed by atoms with E-state index in [-0.39, 0.29) is 40.0 Å². The highest BCUT2D eigenvalue weighted by Gasteiger charge is 2.17. The van der Waals surface area contributed by atoms with Crippen LogP contribution in [0.2, 0.25) is 0 Å². The molecule has 194 valence electrons. The van der Waals surface area contributed by atoms with Crippen LogP contribution < -0.4 is 25.7 Å². The van der Waals surface area contributed by atoms with Gasteiger partial charge in [0.2, 0.25) is 0 Å². The third kappa shape index (κ3) is 6.50. The Labute approximate surface area is 237 Å². The molecule has 2 N–H and O–H groups in total. The first kappa shape index (κ1) is 28.2. The van der Waals surface area contributed by atoms with Crippen LogP contribution in [-0.4, -0.2) is 41.7 Å². The molecule has 4 aromatic rings. The quantitative estimate of drug-likeness (QED) is 0.163. The maximum absolute atomic E-state index is 12.7. The Morgan fingerprint density at radius 1 is 0.892 bits per heavy atom. The lowest BCUT2D eigenvalue weighted by molar-refractivity contribution is -0.671. The Balaban J connectivity index is 0.00000190. The van der Waals surface area contributed by atoms with Crippen molar-refractivity contribution in [3.05, 3.63) is 84.6 Å². The normalized spacial score (nSPS) is 14.3. The number of anilines is 2. The fraction of sp³-hybridized carbons (Fsp3) is 0.222. The second-order valence-electron chi connectivity index (χ2n) is 8.81. The number of amidine groups is 1. The van der Waals surface area contributed by atoms with Crippen molar-refractivity contribution >= 4 is 73.6 Å². The van der Waals surface area contributed by atoms with Crippen molar-refractivity contribution in [2.75, 3.05) is 36.8 Å². The summed E-state index contributed by atoms with van der Waals surface area (Å²) in [5, 5.41) is 14.6. The van der Waals surface area contributed by atoms with Gasteiger partial charge in [-0.2, -0.15) is 0 Å². The predicted octanol–water partition coefficient (Wildman–Crippen LogP) is 3.14. The van der Waals surface area contributed by atoms with Crippen molar-refractivity contribution in [2.24, 2.45) is 24.1 Å². The highest BCUT2D eigenvalue weighted by molar-refractivity contribution is 8.93. The first-order valence-electron chi connectivity index (χ1n) is 11.7. The van der Waals surface area contributed by atoms with Gasteiger partial charge in [-0.1, -0.05) is 0 Å². The second-order valence-corrected chi connectivity index (χ2v) is 8.81. The van der Waals surface area contributed by atoms with Crippen molar-refractivity contribution in [3.63, 3.8) is 0 Å². The molecule has 10 heteroatoms. The predicted molar refractivity (Wildman–Crippen MR) is 158 cm³/mol. The van der Waals surface area contributed by atoms with Gasteiger partial charge in [-0.3, -0.25) is 0 Å².